The summed E-state index contributed by atoms with van der Waals surface area (Å²) in [6, 6.07) is 0. The van der Waals surface area contributed by atoms with Gasteiger partial charge in [-0.25, -0.2) is 0 Å². The first-order valence-corrected chi connectivity index (χ1v) is 4.95. The predicted molar refractivity (Wildman–Crippen MR) is 47.5 cm³/mol. The van der Waals surface area contributed by atoms with Crippen molar-refractivity contribution in [2.75, 3.05) is 0 Å². The molecule has 1 aliphatic carbocycles. The molecule has 1 fully saturated rings. The van der Waals surface area contributed by atoms with Gasteiger partial charge in [0.05, 0.1) is 5.60 Å². The third-order valence-electron chi connectivity index (χ3n) is 3.28. The van der Waals surface area contributed by atoms with Crippen molar-refractivity contribution in [2.45, 2.75) is 58.0 Å². The van der Waals surface area contributed by atoms with Crippen molar-refractivity contribution >= 4 is 0 Å². The lowest BCUT2D eigenvalue weighted by molar-refractivity contribution is -0.0524. The molecule has 0 aromatic heterocycles. The molecule has 1 heteroatoms. The van der Waals surface area contributed by atoms with Gasteiger partial charge < -0.3 is 5.11 Å². The van der Waals surface area contributed by atoms with E-state index < -0.39 is 0 Å². The highest BCUT2D eigenvalue weighted by Crippen LogP contribution is 2.37. The molecule has 1 aliphatic rings. The number of rotatable bonds is 2. The van der Waals surface area contributed by atoms with Gasteiger partial charge in [-0.3, -0.25) is 0 Å². The van der Waals surface area contributed by atoms with Gasteiger partial charge in [0.1, 0.15) is 0 Å². The molecular formula is C10H20O. The minimum atomic E-state index is -0.312. The maximum absolute atomic E-state index is 10.1. The first-order valence-electron chi connectivity index (χ1n) is 4.95. The number of aliphatic hydroxyl groups is 1. The van der Waals surface area contributed by atoms with E-state index in [1.165, 1.54) is 19.3 Å². The molecule has 0 spiro atoms. The fourth-order valence-corrected chi connectivity index (χ4v) is 2.34. The van der Waals surface area contributed by atoms with Gasteiger partial charge in [0, 0.05) is 0 Å². The van der Waals surface area contributed by atoms with Gasteiger partial charge >= 0.3 is 0 Å². The summed E-state index contributed by atoms with van der Waals surface area (Å²) in [7, 11) is 0. The van der Waals surface area contributed by atoms with Crippen molar-refractivity contribution in [3.63, 3.8) is 0 Å². The van der Waals surface area contributed by atoms with E-state index in [9.17, 15) is 5.11 Å². The fourth-order valence-electron chi connectivity index (χ4n) is 2.34. The molecule has 0 radical (unpaired) electrons. The Hall–Kier alpha value is -0.0400. The molecule has 0 heterocycles. The Morgan fingerprint density at radius 1 is 1.36 bits per heavy atom. The molecule has 11 heavy (non-hydrogen) atoms. The number of hydrogen-bond acceptors (Lipinski definition) is 1. The Morgan fingerprint density at radius 3 is 2.55 bits per heavy atom. The van der Waals surface area contributed by atoms with E-state index in [1.807, 2.05) is 0 Å². The van der Waals surface area contributed by atoms with Gasteiger partial charge in [0.25, 0.3) is 0 Å². The largest absolute Gasteiger partial charge is 0.390 e. The molecule has 0 bridgehead atoms. The fraction of sp³-hybridized carbons (Fsp3) is 1.00. The van der Waals surface area contributed by atoms with Crippen LogP contribution in [0.4, 0.5) is 0 Å². The highest BCUT2D eigenvalue weighted by atomic mass is 16.3. The van der Waals surface area contributed by atoms with Gasteiger partial charge in [0.2, 0.25) is 0 Å². The standard InChI is InChI=1S/C10H20O/c1-3-9-7-5-6-8-10(9,11)4-2/h9,11H,3-8H2,1-2H3. The van der Waals surface area contributed by atoms with Crippen LogP contribution in [-0.4, -0.2) is 10.7 Å². The Bertz CT molecular complexity index is 122. The second kappa shape index (κ2) is 3.57. The topological polar surface area (TPSA) is 20.2 Å². The molecule has 1 nitrogen and oxygen atoms in total. The van der Waals surface area contributed by atoms with Crippen LogP contribution in [0.2, 0.25) is 0 Å². The first-order chi connectivity index (χ1) is 5.23. The van der Waals surface area contributed by atoms with Gasteiger partial charge in [-0.15, -0.1) is 0 Å². The van der Waals surface area contributed by atoms with Crippen LogP contribution >= 0.6 is 0 Å². The summed E-state index contributed by atoms with van der Waals surface area (Å²) in [5.41, 5.74) is -0.312. The molecule has 1 rings (SSSR count). The number of hydrogen-bond donors (Lipinski definition) is 1. The highest BCUT2D eigenvalue weighted by molar-refractivity contribution is 4.87. The molecule has 2 atom stereocenters. The molecule has 0 aliphatic heterocycles. The van der Waals surface area contributed by atoms with Crippen LogP contribution in [-0.2, 0) is 0 Å². The lowest BCUT2D eigenvalue weighted by Crippen LogP contribution is -2.39. The third-order valence-corrected chi connectivity index (χ3v) is 3.28. The summed E-state index contributed by atoms with van der Waals surface area (Å²) < 4.78 is 0. The minimum Gasteiger partial charge on any atom is -0.390 e. The van der Waals surface area contributed by atoms with E-state index in [0.29, 0.717) is 5.92 Å². The summed E-state index contributed by atoms with van der Waals surface area (Å²) in [6.45, 7) is 4.30. The average Bonchev–Trinajstić information content (AvgIpc) is 2.05. The molecule has 1 saturated carbocycles. The molecule has 0 aromatic carbocycles. The van der Waals surface area contributed by atoms with Crippen molar-refractivity contribution in [3.8, 4) is 0 Å². The van der Waals surface area contributed by atoms with Gasteiger partial charge in [0.15, 0.2) is 0 Å². The van der Waals surface area contributed by atoms with Crippen LogP contribution in [0.1, 0.15) is 52.4 Å². The van der Waals surface area contributed by atoms with Gasteiger partial charge in [-0.05, 0) is 25.2 Å². The lowest BCUT2D eigenvalue weighted by atomic mass is 9.73. The summed E-state index contributed by atoms with van der Waals surface area (Å²) in [5.74, 6) is 0.571. The SMILES string of the molecule is CCC1CCCCC1(O)CC. The quantitative estimate of drug-likeness (QED) is 0.651. The predicted octanol–water partition coefficient (Wildman–Crippen LogP) is 2.73. The minimum absolute atomic E-state index is 0.312. The van der Waals surface area contributed by atoms with Crippen molar-refractivity contribution in [2.24, 2.45) is 5.92 Å². The molecule has 0 amide bonds. The maximum atomic E-state index is 10.1. The van der Waals surface area contributed by atoms with E-state index in [1.54, 1.807) is 0 Å². The highest BCUT2D eigenvalue weighted by Gasteiger charge is 2.35. The van der Waals surface area contributed by atoms with Crippen LogP contribution in [0.25, 0.3) is 0 Å². The van der Waals surface area contributed by atoms with Crippen molar-refractivity contribution < 1.29 is 5.11 Å². The Labute approximate surface area is 69.8 Å². The molecule has 0 saturated heterocycles. The van der Waals surface area contributed by atoms with Crippen LogP contribution < -0.4 is 0 Å². The van der Waals surface area contributed by atoms with Gasteiger partial charge in [-0.1, -0.05) is 33.1 Å². The Kier molecular flexibility index (Phi) is 2.94. The van der Waals surface area contributed by atoms with Crippen molar-refractivity contribution in [1.82, 2.24) is 0 Å². The molecular weight excluding hydrogens is 136 g/mol. The zero-order chi connectivity index (χ0) is 8.32. The molecule has 2 unspecified atom stereocenters. The average molecular weight is 156 g/mol. The van der Waals surface area contributed by atoms with E-state index >= 15 is 0 Å². The maximum Gasteiger partial charge on any atom is 0.0673 e. The Morgan fingerprint density at radius 2 is 2.09 bits per heavy atom. The Balaban J connectivity index is 2.57. The van der Waals surface area contributed by atoms with Crippen LogP contribution in [0.3, 0.4) is 0 Å². The second-order valence-corrected chi connectivity index (χ2v) is 3.81. The third kappa shape index (κ3) is 1.76. The molecule has 1 N–H and O–H groups in total. The molecule has 0 aromatic rings. The lowest BCUT2D eigenvalue weighted by Gasteiger charge is -2.39. The van der Waals surface area contributed by atoms with E-state index in [4.69, 9.17) is 0 Å². The van der Waals surface area contributed by atoms with Gasteiger partial charge in [-0.2, -0.15) is 0 Å². The van der Waals surface area contributed by atoms with E-state index in [2.05, 4.69) is 13.8 Å². The zero-order valence-electron chi connectivity index (χ0n) is 7.77. The first kappa shape index (κ1) is 9.05. The second-order valence-electron chi connectivity index (χ2n) is 3.81. The summed E-state index contributed by atoms with van der Waals surface area (Å²) >= 11 is 0. The van der Waals surface area contributed by atoms with E-state index in [0.717, 1.165) is 19.3 Å². The summed E-state index contributed by atoms with van der Waals surface area (Å²) in [5, 5.41) is 10.1. The van der Waals surface area contributed by atoms with Crippen LogP contribution in [0.5, 0.6) is 0 Å². The van der Waals surface area contributed by atoms with Crippen molar-refractivity contribution in [1.29, 1.82) is 0 Å². The normalized spacial score (nSPS) is 39.0. The van der Waals surface area contributed by atoms with E-state index in [-0.39, 0.29) is 5.60 Å². The van der Waals surface area contributed by atoms with Crippen LogP contribution in [0.15, 0.2) is 0 Å². The smallest absolute Gasteiger partial charge is 0.0673 e. The van der Waals surface area contributed by atoms with Crippen LogP contribution in [0, 0.1) is 5.92 Å². The molecule has 66 valence electrons. The van der Waals surface area contributed by atoms with Crippen molar-refractivity contribution in [3.05, 3.63) is 0 Å². The zero-order valence-corrected chi connectivity index (χ0v) is 7.77. The monoisotopic (exact) mass is 156 g/mol. The summed E-state index contributed by atoms with van der Waals surface area (Å²) in [4.78, 5) is 0. The summed E-state index contributed by atoms with van der Waals surface area (Å²) in [6.07, 6.45) is 6.89.